The summed E-state index contributed by atoms with van der Waals surface area (Å²) in [5, 5.41) is 2.57. The number of nitrogens with one attached hydrogen (secondary N) is 1. The fourth-order valence-corrected chi connectivity index (χ4v) is 2.15. The van der Waals surface area contributed by atoms with Crippen LogP contribution in [-0.4, -0.2) is 28.3 Å². The summed E-state index contributed by atoms with van der Waals surface area (Å²) in [6.45, 7) is -0.908. The van der Waals surface area contributed by atoms with Gasteiger partial charge >= 0.3 is 6.18 Å². The van der Waals surface area contributed by atoms with E-state index in [-0.39, 0.29) is 12.1 Å². The Morgan fingerprint density at radius 3 is 2.88 bits per heavy atom. The summed E-state index contributed by atoms with van der Waals surface area (Å²) in [7, 11) is 0. The Labute approximate surface area is 98.0 Å². The summed E-state index contributed by atoms with van der Waals surface area (Å²) in [6.07, 6.45) is 5.51. The van der Waals surface area contributed by atoms with Gasteiger partial charge in [-0.1, -0.05) is 0 Å². The summed E-state index contributed by atoms with van der Waals surface area (Å²) < 4.78 is 38.2. The van der Waals surface area contributed by atoms with Crippen LogP contribution in [0.1, 0.15) is 25.3 Å². The first-order chi connectivity index (χ1) is 8.04. The SMILES string of the molecule is FC(F)(F)CN[C@@H]1CC[CH]C(n2ccnc2)C1. The molecule has 0 saturated heterocycles. The molecule has 1 aliphatic carbocycles. The third-order valence-corrected chi connectivity index (χ3v) is 2.98. The summed E-state index contributed by atoms with van der Waals surface area (Å²) >= 11 is 0. The molecule has 17 heavy (non-hydrogen) atoms. The molecule has 3 nitrogen and oxygen atoms in total. The Kier molecular flexibility index (Phi) is 3.71. The van der Waals surface area contributed by atoms with Gasteiger partial charge in [0.1, 0.15) is 0 Å². The van der Waals surface area contributed by atoms with Crippen molar-refractivity contribution in [2.75, 3.05) is 6.54 Å². The quantitative estimate of drug-likeness (QED) is 0.887. The maximum atomic E-state index is 12.1. The van der Waals surface area contributed by atoms with Gasteiger partial charge in [0.25, 0.3) is 0 Å². The van der Waals surface area contributed by atoms with Gasteiger partial charge in [0.2, 0.25) is 0 Å². The van der Waals surface area contributed by atoms with E-state index in [2.05, 4.69) is 16.7 Å². The van der Waals surface area contributed by atoms with Crippen molar-refractivity contribution in [2.45, 2.75) is 37.5 Å². The van der Waals surface area contributed by atoms with Crippen LogP contribution in [0.2, 0.25) is 0 Å². The smallest absolute Gasteiger partial charge is 0.334 e. The monoisotopic (exact) mass is 246 g/mol. The molecule has 2 rings (SSSR count). The third-order valence-electron chi connectivity index (χ3n) is 2.98. The normalized spacial score (nSPS) is 26.1. The molecule has 1 fully saturated rings. The Bertz CT molecular complexity index is 334. The van der Waals surface area contributed by atoms with Gasteiger partial charge in [-0.05, 0) is 25.7 Å². The maximum absolute atomic E-state index is 12.1. The van der Waals surface area contributed by atoms with E-state index < -0.39 is 12.7 Å². The second-order valence-electron chi connectivity index (χ2n) is 4.32. The number of nitrogens with zero attached hydrogens (tertiary/aromatic N) is 2. The van der Waals surface area contributed by atoms with Crippen molar-refractivity contribution in [2.24, 2.45) is 0 Å². The lowest BCUT2D eigenvalue weighted by Crippen LogP contribution is -2.40. The highest BCUT2D eigenvalue weighted by atomic mass is 19.4. The van der Waals surface area contributed by atoms with Gasteiger partial charge in [-0.2, -0.15) is 13.2 Å². The standard InChI is InChI=1S/C11H15F3N3/c12-11(13,14)7-16-9-2-1-3-10(6-9)17-5-4-15-8-17/h3-5,8-10,16H,1-2,6-7H2/t9-,10?/m1/s1. The highest BCUT2D eigenvalue weighted by molar-refractivity contribution is 4.95. The van der Waals surface area contributed by atoms with E-state index in [1.165, 1.54) is 0 Å². The van der Waals surface area contributed by atoms with Crippen LogP contribution in [0.15, 0.2) is 18.7 Å². The average Bonchev–Trinajstić information content (AvgIpc) is 2.79. The van der Waals surface area contributed by atoms with Crippen LogP contribution >= 0.6 is 0 Å². The molecule has 1 radical (unpaired) electrons. The molecule has 0 aromatic carbocycles. The molecule has 6 heteroatoms. The maximum Gasteiger partial charge on any atom is 0.401 e. The van der Waals surface area contributed by atoms with Crippen molar-refractivity contribution in [3.63, 3.8) is 0 Å². The fraction of sp³-hybridized carbons (Fsp3) is 0.636. The number of alkyl halides is 3. The number of aromatic nitrogens is 2. The Balaban J connectivity index is 1.85. The molecule has 1 aliphatic rings. The Morgan fingerprint density at radius 2 is 2.24 bits per heavy atom. The third kappa shape index (κ3) is 3.73. The van der Waals surface area contributed by atoms with Crippen LogP contribution in [0.5, 0.6) is 0 Å². The number of halogens is 3. The molecular weight excluding hydrogens is 231 g/mol. The van der Waals surface area contributed by atoms with Crippen molar-refractivity contribution in [3.8, 4) is 0 Å². The summed E-state index contributed by atoms with van der Waals surface area (Å²) in [4.78, 5) is 3.95. The van der Waals surface area contributed by atoms with Gasteiger partial charge < -0.3 is 9.88 Å². The highest BCUT2D eigenvalue weighted by Gasteiger charge is 2.30. The molecule has 0 spiro atoms. The number of imidazole rings is 1. The van der Waals surface area contributed by atoms with Gasteiger partial charge in [0, 0.05) is 24.5 Å². The molecule has 95 valence electrons. The first-order valence-electron chi connectivity index (χ1n) is 5.65. The van der Waals surface area contributed by atoms with E-state index >= 15 is 0 Å². The lowest BCUT2D eigenvalue weighted by molar-refractivity contribution is -0.126. The largest absolute Gasteiger partial charge is 0.401 e. The zero-order chi connectivity index (χ0) is 12.3. The number of rotatable bonds is 3. The molecule has 1 heterocycles. The van der Waals surface area contributed by atoms with Crippen LogP contribution in [-0.2, 0) is 0 Å². The van der Waals surface area contributed by atoms with Gasteiger partial charge in [-0.15, -0.1) is 0 Å². The van der Waals surface area contributed by atoms with Crippen LogP contribution < -0.4 is 5.32 Å². The Morgan fingerprint density at radius 1 is 1.41 bits per heavy atom. The molecule has 1 unspecified atom stereocenters. The summed E-state index contributed by atoms with van der Waals surface area (Å²) in [6, 6.07) is 0.0750. The molecule has 1 N–H and O–H groups in total. The van der Waals surface area contributed by atoms with Crippen molar-refractivity contribution >= 4 is 0 Å². The first-order valence-corrected chi connectivity index (χ1v) is 5.65. The minimum atomic E-state index is -4.13. The lowest BCUT2D eigenvalue weighted by atomic mass is 9.91. The van der Waals surface area contributed by atoms with Gasteiger partial charge in [0.05, 0.1) is 12.9 Å². The minimum Gasteiger partial charge on any atom is -0.334 e. The molecule has 0 aliphatic heterocycles. The lowest BCUT2D eigenvalue weighted by Gasteiger charge is -2.30. The van der Waals surface area contributed by atoms with E-state index in [1.807, 2.05) is 10.8 Å². The summed E-state index contributed by atoms with van der Waals surface area (Å²) in [5.74, 6) is 0. The molecule has 1 saturated carbocycles. The molecule has 0 amide bonds. The number of hydrogen-bond acceptors (Lipinski definition) is 2. The van der Waals surface area contributed by atoms with E-state index in [9.17, 15) is 13.2 Å². The average molecular weight is 246 g/mol. The molecule has 1 aromatic heterocycles. The van der Waals surface area contributed by atoms with Crippen molar-refractivity contribution in [1.82, 2.24) is 14.9 Å². The molecule has 2 atom stereocenters. The second-order valence-corrected chi connectivity index (χ2v) is 4.32. The van der Waals surface area contributed by atoms with E-state index in [0.29, 0.717) is 6.42 Å². The molecule has 0 bridgehead atoms. The van der Waals surface area contributed by atoms with Gasteiger partial charge in [0.15, 0.2) is 0 Å². The topological polar surface area (TPSA) is 29.9 Å². The van der Waals surface area contributed by atoms with Crippen molar-refractivity contribution in [1.29, 1.82) is 0 Å². The van der Waals surface area contributed by atoms with Crippen LogP contribution in [0, 0.1) is 6.42 Å². The predicted molar refractivity (Wildman–Crippen MR) is 57.3 cm³/mol. The van der Waals surface area contributed by atoms with Crippen molar-refractivity contribution in [3.05, 3.63) is 25.1 Å². The van der Waals surface area contributed by atoms with E-state index in [0.717, 1.165) is 12.8 Å². The van der Waals surface area contributed by atoms with Crippen LogP contribution in [0.3, 0.4) is 0 Å². The second kappa shape index (κ2) is 5.08. The highest BCUT2D eigenvalue weighted by Crippen LogP contribution is 2.27. The minimum absolute atomic E-state index is 0.0750. The predicted octanol–water partition coefficient (Wildman–Crippen LogP) is 2.33. The fourth-order valence-electron chi connectivity index (χ4n) is 2.15. The summed E-state index contributed by atoms with van der Waals surface area (Å²) in [5.41, 5.74) is 0. The zero-order valence-electron chi connectivity index (χ0n) is 9.32. The van der Waals surface area contributed by atoms with Gasteiger partial charge in [-0.25, -0.2) is 4.98 Å². The number of hydrogen-bond donors (Lipinski definition) is 1. The molecular formula is C11H15F3N3. The Hall–Kier alpha value is -1.04. The zero-order valence-corrected chi connectivity index (χ0v) is 9.32. The van der Waals surface area contributed by atoms with E-state index in [1.54, 1.807) is 12.5 Å². The van der Waals surface area contributed by atoms with Crippen LogP contribution in [0.25, 0.3) is 0 Å². The molecule has 1 aromatic rings. The van der Waals surface area contributed by atoms with Gasteiger partial charge in [-0.3, -0.25) is 0 Å². The first kappa shape index (κ1) is 12.4. The van der Waals surface area contributed by atoms with Crippen molar-refractivity contribution < 1.29 is 13.2 Å². The van der Waals surface area contributed by atoms with Crippen LogP contribution in [0.4, 0.5) is 13.2 Å². The van der Waals surface area contributed by atoms with E-state index in [4.69, 9.17) is 0 Å².